The van der Waals surface area contributed by atoms with Crippen LogP contribution in [0, 0.1) is 0 Å². The normalized spacial score (nSPS) is 11.3. The molecule has 0 unspecified atom stereocenters. The van der Waals surface area contributed by atoms with Gasteiger partial charge in [0.15, 0.2) is 0 Å². The molecule has 0 N–H and O–H groups in total. The van der Waals surface area contributed by atoms with Gasteiger partial charge in [0.25, 0.3) is 0 Å². The first kappa shape index (κ1) is 46.3. The van der Waals surface area contributed by atoms with E-state index in [4.69, 9.17) is 0 Å². The Morgan fingerprint density at radius 3 is 0.795 bits per heavy atom. The second kappa shape index (κ2) is 20.1. The summed E-state index contributed by atoms with van der Waals surface area (Å²) in [5, 5.41) is 7.26. The van der Waals surface area contributed by atoms with Crippen LogP contribution in [0.3, 0.4) is 0 Å². The van der Waals surface area contributed by atoms with Gasteiger partial charge in [-0.1, -0.05) is 243 Å². The van der Waals surface area contributed by atoms with E-state index < -0.39 is 0 Å². The number of anilines is 6. The molecular weight excluding hydrogens is 941 g/mol. The molecule has 14 rings (SSSR count). The quantitative estimate of drug-likeness (QED) is 0.113. The van der Waals surface area contributed by atoms with Crippen molar-refractivity contribution in [3.05, 3.63) is 315 Å². The maximum absolute atomic E-state index is 2.45. The van der Waals surface area contributed by atoms with Gasteiger partial charge in [-0.05, 0) is 161 Å². The molecule has 0 bridgehead atoms. The van der Waals surface area contributed by atoms with Crippen molar-refractivity contribution >= 4 is 66.4 Å². The summed E-state index contributed by atoms with van der Waals surface area (Å²) in [6.07, 6.45) is 0. The highest BCUT2D eigenvalue weighted by molar-refractivity contribution is 6.28. The van der Waals surface area contributed by atoms with Crippen LogP contribution in [0.2, 0.25) is 0 Å². The lowest BCUT2D eigenvalue weighted by molar-refractivity contribution is 1.30. The average Bonchev–Trinajstić information content (AvgIpc) is 3.69. The summed E-state index contributed by atoms with van der Waals surface area (Å²) in [4.78, 5) is 4.90. The topological polar surface area (TPSA) is 6.48 Å². The van der Waals surface area contributed by atoms with Crippen molar-refractivity contribution in [3.8, 4) is 66.8 Å². The van der Waals surface area contributed by atoms with Crippen molar-refractivity contribution in [1.29, 1.82) is 0 Å². The Kier molecular flexibility index (Phi) is 11.9. The van der Waals surface area contributed by atoms with Gasteiger partial charge in [-0.15, -0.1) is 0 Å². The second-order valence-electron chi connectivity index (χ2n) is 20.1. The Hall–Kier alpha value is -10.3. The number of nitrogens with zero attached hydrogens (tertiary/aromatic N) is 2. The standard InChI is InChI=1S/C76H52N2/c1-5-17-53(18-6-1)57-33-41-67(42-34-57)77(69-31-15-29-65(51-69)63-27-13-25-61(49-63)55-21-9-3-10-22-55)73-47-39-59-38-46-72-74(48-40-60-37-45-71(73)75(59)76(60)72)78(68-43-35-58(36-44-68)54-19-7-2-8-20-54)70-32-16-30-66(52-70)64-28-14-26-62(50-64)56-23-11-4-12-24-56/h1-52H. The molecule has 0 radical (unpaired) electrons. The summed E-state index contributed by atoms with van der Waals surface area (Å²) >= 11 is 0. The Morgan fingerprint density at radius 2 is 0.436 bits per heavy atom. The number of rotatable bonds is 12. The number of hydrogen-bond acceptors (Lipinski definition) is 2. The van der Waals surface area contributed by atoms with E-state index in [0.29, 0.717) is 0 Å². The molecule has 78 heavy (non-hydrogen) atoms. The monoisotopic (exact) mass is 992 g/mol. The van der Waals surface area contributed by atoms with E-state index in [2.05, 4.69) is 325 Å². The molecular formula is C76H52N2. The average molecular weight is 993 g/mol. The van der Waals surface area contributed by atoms with Gasteiger partial charge in [0.1, 0.15) is 0 Å². The number of benzene rings is 14. The van der Waals surface area contributed by atoms with E-state index in [1.807, 2.05) is 0 Å². The van der Waals surface area contributed by atoms with Gasteiger partial charge >= 0.3 is 0 Å². The van der Waals surface area contributed by atoms with E-state index in [0.717, 1.165) is 45.3 Å². The zero-order chi connectivity index (χ0) is 51.8. The van der Waals surface area contributed by atoms with Crippen LogP contribution in [-0.4, -0.2) is 0 Å². The molecule has 0 spiro atoms. The van der Waals surface area contributed by atoms with E-state index in [1.165, 1.54) is 88.0 Å². The van der Waals surface area contributed by atoms with Gasteiger partial charge in [0, 0.05) is 33.5 Å². The van der Waals surface area contributed by atoms with Crippen molar-refractivity contribution in [3.63, 3.8) is 0 Å². The highest BCUT2D eigenvalue weighted by Gasteiger charge is 2.23. The van der Waals surface area contributed by atoms with Crippen LogP contribution in [0.5, 0.6) is 0 Å². The summed E-state index contributed by atoms with van der Waals surface area (Å²) in [7, 11) is 0. The molecule has 2 nitrogen and oxygen atoms in total. The van der Waals surface area contributed by atoms with Crippen LogP contribution in [0.1, 0.15) is 0 Å². The molecule has 0 saturated heterocycles. The smallest absolute Gasteiger partial charge is 0.0540 e. The van der Waals surface area contributed by atoms with Gasteiger partial charge in [-0.25, -0.2) is 0 Å². The fourth-order valence-corrected chi connectivity index (χ4v) is 11.5. The molecule has 0 heterocycles. The van der Waals surface area contributed by atoms with E-state index in [1.54, 1.807) is 0 Å². The van der Waals surface area contributed by atoms with Crippen molar-refractivity contribution in [2.75, 3.05) is 9.80 Å². The number of hydrogen-bond donors (Lipinski definition) is 0. The summed E-state index contributed by atoms with van der Waals surface area (Å²) in [5.41, 5.74) is 20.8. The predicted octanol–water partition coefficient (Wildman–Crippen LogP) is 21.5. The van der Waals surface area contributed by atoms with Crippen molar-refractivity contribution < 1.29 is 0 Å². The van der Waals surface area contributed by atoms with Crippen LogP contribution in [0.15, 0.2) is 315 Å². The third-order valence-corrected chi connectivity index (χ3v) is 15.4. The highest BCUT2D eigenvalue weighted by Crippen LogP contribution is 2.49. The molecule has 0 aromatic heterocycles. The Morgan fingerprint density at radius 1 is 0.167 bits per heavy atom. The first-order valence-corrected chi connectivity index (χ1v) is 26.8. The molecule has 0 amide bonds. The van der Waals surface area contributed by atoms with Crippen molar-refractivity contribution in [1.82, 2.24) is 0 Å². The van der Waals surface area contributed by atoms with Crippen LogP contribution in [0.4, 0.5) is 34.1 Å². The third-order valence-electron chi connectivity index (χ3n) is 15.4. The maximum Gasteiger partial charge on any atom is 0.0540 e. The molecule has 14 aromatic rings. The summed E-state index contributed by atoms with van der Waals surface area (Å²) in [6.45, 7) is 0. The highest BCUT2D eigenvalue weighted by atomic mass is 15.1. The lowest BCUT2D eigenvalue weighted by Crippen LogP contribution is -2.11. The van der Waals surface area contributed by atoms with E-state index in [9.17, 15) is 0 Å². The molecule has 0 aliphatic rings. The molecule has 0 fully saturated rings. The van der Waals surface area contributed by atoms with Gasteiger partial charge in [-0.2, -0.15) is 0 Å². The molecule has 0 aliphatic heterocycles. The Labute approximate surface area is 456 Å². The minimum absolute atomic E-state index is 1.08. The lowest BCUT2D eigenvalue weighted by atomic mass is 9.91. The minimum atomic E-state index is 1.08. The first-order valence-electron chi connectivity index (χ1n) is 26.8. The van der Waals surface area contributed by atoms with E-state index >= 15 is 0 Å². The van der Waals surface area contributed by atoms with Crippen molar-refractivity contribution in [2.24, 2.45) is 0 Å². The van der Waals surface area contributed by atoms with Crippen LogP contribution in [-0.2, 0) is 0 Å². The van der Waals surface area contributed by atoms with Gasteiger partial charge in [0.2, 0.25) is 0 Å². The van der Waals surface area contributed by atoms with Crippen molar-refractivity contribution in [2.45, 2.75) is 0 Å². The molecule has 0 aliphatic carbocycles. The third kappa shape index (κ3) is 8.72. The molecule has 0 atom stereocenters. The van der Waals surface area contributed by atoms with Crippen LogP contribution < -0.4 is 9.80 Å². The SMILES string of the molecule is c1ccc(-c2ccc(N(c3cccc(-c4cccc(-c5ccccc5)c4)c3)c3ccc4ccc5c(N(c6ccc(-c7ccccc7)cc6)c6cccc(-c7cccc(-c8ccccc8)c7)c6)ccc6ccc3c4c65)cc2)cc1. The summed E-state index contributed by atoms with van der Waals surface area (Å²) < 4.78 is 0. The summed E-state index contributed by atoms with van der Waals surface area (Å²) in [5.74, 6) is 0. The summed E-state index contributed by atoms with van der Waals surface area (Å²) in [6, 6.07) is 115. The maximum atomic E-state index is 2.45. The van der Waals surface area contributed by atoms with Crippen LogP contribution >= 0.6 is 0 Å². The minimum Gasteiger partial charge on any atom is -0.310 e. The molecule has 2 heteroatoms. The second-order valence-corrected chi connectivity index (χ2v) is 20.1. The van der Waals surface area contributed by atoms with Gasteiger partial charge in [-0.3, -0.25) is 0 Å². The van der Waals surface area contributed by atoms with Gasteiger partial charge < -0.3 is 9.80 Å². The first-order chi connectivity index (χ1) is 38.7. The zero-order valence-electron chi connectivity index (χ0n) is 42.9. The molecule has 366 valence electrons. The molecule has 0 saturated carbocycles. The molecule has 14 aromatic carbocycles. The lowest BCUT2D eigenvalue weighted by Gasteiger charge is -2.30. The fourth-order valence-electron chi connectivity index (χ4n) is 11.5. The van der Waals surface area contributed by atoms with E-state index in [-0.39, 0.29) is 0 Å². The Bertz CT molecular complexity index is 4110. The fraction of sp³-hybridized carbons (Fsp3) is 0. The Balaban J connectivity index is 0.937. The van der Waals surface area contributed by atoms with Crippen LogP contribution in [0.25, 0.3) is 99.1 Å². The largest absolute Gasteiger partial charge is 0.310 e. The van der Waals surface area contributed by atoms with Gasteiger partial charge in [0.05, 0.1) is 11.4 Å². The zero-order valence-corrected chi connectivity index (χ0v) is 42.9. The predicted molar refractivity (Wildman–Crippen MR) is 332 cm³/mol.